The molecule has 0 bridgehead atoms. The summed E-state index contributed by atoms with van der Waals surface area (Å²) in [5, 5.41) is 11.8. The number of carbonyl (C=O) groups excluding carboxylic acids is 1. The quantitative estimate of drug-likeness (QED) is 0.213. The summed E-state index contributed by atoms with van der Waals surface area (Å²) in [5.41, 5.74) is 3.78. The number of carbonyl (C=O) groups is 2. The lowest BCUT2D eigenvalue weighted by atomic mass is 9.78. The number of aromatic carboxylic acids is 1. The number of benzene rings is 3. The van der Waals surface area contributed by atoms with Gasteiger partial charge in [0, 0.05) is 17.8 Å². The van der Waals surface area contributed by atoms with Crippen LogP contribution in [-0.2, 0) is 0 Å². The van der Waals surface area contributed by atoms with Crippen LogP contribution in [-0.4, -0.2) is 17.0 Å². The first-order valence-corrected chi connectivity index (χ1v) is 13.2. The van der Waals surface area contributed by atoms with Gasteiger partial charge in [-0.05, 0) is 65.8 Å². The van der Waals surface area contributed by atoms with Gasteiger partial charge < -0.3 is 14.8 Å². The van der Waals surface area contributed by atoms with E-state index in [-0.39, 0.29) is 11.7 Å². The predicted octanol–water partition coefficient (Wildman–Crippen LogP) is 7.45. The van der Waals surface area contributed by atoms with Crippen LogP contribution in [0.4, 0.5) is 5.69 Å². The number of carboxylic acids is 1. The zero-order valence-electron chi connectivity index (χ0n) is 22.2. The Morgan fingerprint density at radius 1 is 0.769 bits per heavy atom. The maximum absolute atomic E-state index is 12.6. The van der Waals surface area contributed by atoms with Crippen LogP contribution in [0.25, 0.3) is 0 Å². The molecular weight excluding hydrogens is 490 g/mol. The van der Waals surface area contributed by atoms with Crippen molar-refractivity contribution in [3.05, 3.63) is 135 Å². The molecule has 1 amide bonds. The van der Waals surface area contributed by atoms with Gasteiger partial charge in [0.05, 0.1) is 0 Å². The second kappa shape index (κ2) is 12.9. The predicted molar refractivity (Wildman–Crippen MR) is 153 cm³/mol. The monoisotopic (exact) mass is 523 g/mol. The summed E-state index contributed by atoms with van der Waals surface area (Å²) in [6.45, 7) is 4.47. The average molecular weight is 524 g/mol. The lowest BCUT2D eigenvalue weighted by molar-refractivity contribution is 0.0656. The maximum Gasteiger partial charge on any atom is 0.371 e. The van der Waals surface area contributed by atoms with Gasteiger partial charge in [-0.1, -0.05) is 86.6 Å². The molecule has 0 radical (unpaired) electrons. The molecule has 4 rings (SSSR count). The van der Waals surface area contributed by atoms with E-state index in [1.54, 1.807) is 12.1 Å². The third-order valence-electron chi connectivity index (χ3n) is 7.18. The minimum Gasteiger partial charge on any atom is -0.475 e. The van der Waals surface area contributed by atoms with Crippen molar-refractivity contribution in [2.45, 2.75) is 50.9 Å². The molecule has 3 unspecified atom stereocenters. The fourth-order valence-electron chi connectivity index (χ4n) is 5.05. The average Bonchev–Trinajstić information content (AvgIpc) is 2.96. The van der Waals surface area contributed by atoms with E-state index in [2.05, 4.69) is 79.8 Å². The standard InChI is InChI=1S/C33H33NO5/c1-3-23(25-10-6-4-7-11-25)19-27(26-12-8-5-9-13-26)18-22(2)24-14-16-28(17-15-24)34-32(36)30-20-29(35)21-31(39-30)33(37)38/h4-17,20-23,27H,3,18-19H2,1-2H3,(H,34,36)(H,37,38). The molecule has 2 N–H and O–H groups in total. The third-order valence-corrected chi connectivity index (χ3v) is 7.18. The first-order chi connectivity index (χ1) is 18.8. The minimum atomic E-state index is -1.41. The highest BCUT2D eigenvalue weighted by atomic mass is 16.4. The number of amides is 1. The van der Waals surface area contributed by atoms with Gasteiger partial charge in [-0.25, -0.2) is 4.79 Å². The Bertz CT molecular complexity index is 1450. The Hall–Kier alpha value is -4.45. The topological polar surface area (TPSA) is 96.6 Å². The minimum absolute atomic E-state index is 0.276. The largest absolute Gasteiger partial charge is 0.475 e. The van der Waals surface area contributed by atoms with Crippen LogP contribution in [0.5, 0.6) is 0 Å². The number of anilines is 1. The van der Waals surface area contributed by atoms with E-state index in [0.717, 1.165) is 37.0 Å². The molecule has 3 atom stereocenters. The molecule has 0 fully saturated rings. The number of hydrogen-bond donors (Lipinski definition) is 2. The van der Waals surface area contributed by atoms with E-state index >= 15 is 0 Å². The summed E-state index contributed by atoms with van der Waals surface area (Å²) in [5.74, 6) is -1.90. The van der Waals surface area contributed by atoms with Crippen molar-refractivity contribution < 1.29 is 19.1 Å². The highest BCUT2D eigenvalue weighted by Crippen LogP contribution is 2.38. The zero-order chi connectivity index (χ0) is 27.8. The van der Waals surface area contributed by atoms with Crippen LogP contribution < -0.4 is 10.7 Å². The molecule has 0 saturated carbocycles. The fourth-order valence-corrected chi connectivity index (χ4v) is 5.05. The Labute approximate surface area is 228 Å². The second-order valence-electron chi connectivity index (χ2n) is 9.90. The molecule has 39 heavy (non-hydrogen) atoms. The van der Waals surface area contributed by atoms with Gasteiger partial charge in [0.2, 0.25) is 5.76 Å². The van der Waals surface area contributed by atoms with E-state index < -0.39 is 23.1 Å². The summed E-state index contributed by atoms with van der Waals surface area (Å²) in [7, 11) is 0. The summed E-state index contributed by atoms with van der Waals surface area (Å²) < 4.78 is 5.06. The molecule has 6 nitrogen and oxygen atoms in total. The highest BCUT2D eigenvalue weighted by Gasteiger charge is 2.22. The Kier molecular flexibility index (Phi) is 9.10. The van der Waals surface area contributed by atoms with Gasteiger partial charge in [-0.15, -0.1) is 0 Å². The Balaban J connectivity index is 1.47. The molecule has 1 heterocycles. The number of carboxylic acid groups (broad SMARTS) is 1. The molecule has 0 aliphatic heterocycles. The smallest absolute Gasteiger partial charge is 0.371 e. The van der Waals surface area contributed by atoms with Crippen LogP contribution in [0.1, 0.15) is 88.7 Å². The van der Waals surface area contributed by atoms with E-state index in [1.165, 1.54) is 11.1 Å². The molecule has 1 aromatic heterocycles. The SMILES string of the molecule is CCC(CC(CC(C)c1ccc(NC(=O)c2cc(=O)cc(C(=O)O)o2)cc1)c1ccccc1)c1ccccc1. The molecule has 3 aromatic carbocycles. The van der Waals surface area contributed by atoms with Crippen LogP contribution in [0.15, 0.2) is 106 Å². The Morgan fingerprint density at radius 2 is 1.33 bits per heavy atom. The summed E-state index contributed by atoms with van der Waals surface area (Å²) >= 11 is 0. The maximum atomic E-state index is 12.6. The molecule has 0 aliphatic carbocycles. The van der Waals surface area contributed by atoms with E-state index in [9.17, 15) is 14.4 Å². The van der Waals surface area contributed by atoms with Crippen molar-refractivity contribution in [1.29, 1.82) is 0 Å². The van der Waals surface area contributed by atoms with E-state index in [0.29, 0.717) is 17.5 Å². The lowest BCUT2D eigenvalue weighted by Crippen LogP contribution is -2.16. The first kappa shape index (κ1) is 27.6. The molecule has 0 spiro atoms. The third kappa shape index (κ3) is 7.32. The summed E-state index contributed by atoms with van der Waals surface area (Å²) in [4.78, 5) is 35.5. The summed E-state index contributed by atoms with van der Waals surface area (Å²) in [6.07, 6.45) is 3.11. The van der Waals surface area contributed by atoms with Gasteiger partial charge in [-0.2, -0.15) is 0 Å². The zero-order valence-corrected chi connectivity index (χ0v) is 22.2. The van der Waals surface area contributed by atoms with Crippen molar-refractivity contribution in [3.63, 3.8) is 0 Å². The normalized spacial score (nSPS) is 13.3. The van der Waals surface area contributed by atoms with Crippen LogP contribution in [0.2, 0.25) is 0 Å². The molecule has 200 valence electrons. The van der Waals surface area contributed by atoms with Crippen LogP contribution in [0.3, 0.4) is 0 Å². The van der Waals surface area contributed by atoms with Crippen LogP contribution in [0, 0.1) is 0 Å². The number of nitrogens with one attached hydrogen (secondary N) is 1. The van der Waals surface area contributed by atoms with Crippen LogP contribution >= 0.6 is 0 Å². The highest BCUT2D eigenvalue weighted by molar-refractivity contribution is 6.02. The number of rotatable bonds is 11. The van der Waals surface area contributed by atoms with Gasteiger partial charge in [0.1, 0.15) is 0 Å². The van der Waals surface area contributed by atoms with Crippen molar-refractivity contribution in [1.82, 2.24) is 0 Å². The van der Waals surface area contributed by atoms with Gasteiger partial charge >= 0.3 is 5.97 Å². The van der Waals surface area contributed by atoms with E-state index in [4.69, 9.17) is 9.52 Å². The summed E-state index contributed by atoms with van der Waals surface area (Å²) in [6, 6.07) is 30.8. The van der Waals surface area contributed by atoms with Gasteiger partial charge in [-0.3, -0.25) is 9.59 Å². The lowest BCUT2D eigenvalue weighted by Gasteiger charge is -2.26. The van der Waals surface area contributed by atoms with Crippen molar-refractivity contribution in [2.24, 2.45) is 0 Å². The molecule has 6 heteroatoms. The Morgan fingerprint density at radius 3 is 1.90 bits per heavy atom. The number of hydrogen-bond acceptors (Lipinski definition) is 4. The van der Waals surface area contributed by atoms with E-state index in [1.807, 2.05) is 12.1 Å². The molecule has 4 aromatic rings. The molecule has 0 saturated heterocycles. The van der Waals surface area contributed by atoms with Crippen molar-refractivity contribution >= 4 is 17.6 Å². The van der Waals surface area contributed by atoms with Gasteiger partial charge in [0.25, 0.3) is 5.91 Å². The first-order valence-electron chi connectivity index (χ1n) is 13.2. The second-order valence-corrected chi connectivity index (χ2v) is 9.90. The molecular formula is C33H33NO5. The fraction of sp³-hybridized carbons (Fsp3) is 0.242. The van der Waals surface area contributed by atoms with Crippen molar-refractivity contribution in [2.75, 3.05) is 5.32 Å². The van der Waals surface area contributed by atoms with Crippen molar-refractivity contribution in [3.8, 4) is 0 Å². The van der Waals surface area contributed by atoms with Gasteiger partial charge in [0.15, 0.2) is 11.2 Å². The molecule has 0 aliphatic rings.